The fraction of sp³-hybridized carbons (Fsp3) is 1.00. The Kier molecular flexibility index (Phi) is 3.10. The van der Waals surface area contributed by atoms with Crippen molar-refractivity contribution in [2.75, 3.05) is 26.7 Å². The van der Waals surface area contributed by atoms with Crippen molar-refractivity contribution in [3.8, 4) is 0 Å². The van der Waals surface area contributed by atoms with Crippen molar-refractivity contribution in [2.45, 2.75) is 43.8 Å². The largest absolute Gasteiger partial charge is 0.389 e. The van der Waals surface area contributed by atoms with Gasteiger partial charge in [0, 0.05) is 26.7 Å². The van der Waals surface area contributed by atoms with Crippen molar-refractivity contribution in [3.05, 3.63) is 0 Å². The fourth-order valence-electron chi connectivity index (χ4n) is 2.46. The Labute approximate surface area is 86.0 Å². The summed E-state index contributed by atoms with van der Waals surface area (Å²) >= 11 is 0. The Hall–Kier alpha value is -0.120. The Morgan fingerprint density at radius 1 is 1.36 bits per heavy atom. The minimum atomic E-state index is -0.347. The van der Waals surface area contributed by atoms with Gasteiger partial charge < -0.3 is 14.7 Å². The average molecular weight is 199 g/mol. The van der Waals surface area contributed by atoms with E-state index in [2.05, 4.69) is 4.90 Å². The van der Waals surface area contributed by atoms with E-state index in [4.69, 9.17) is 4.74 Å². The van der Waals surface area contributed by atoms with Crippen LogP contribution in [0.2, 0.25) is 0 Å². The molecule has 0 aromatic heterocycles. The third-order valence-corrected chi connectivity index (χ3v) is 3.67. The predicted octanol–water partition coefficient (Wildman–Crippen LogP) is 1.01. The quantitative estimate of drug-likeness (QED) is 0.736. The second-order valence-electron chi connectivity index (χ2n) is 4.79. The molecule has 1 aliphatic carbocycles. The van der Waals surface area contributed by atoms with Crippen molar-refractivity contribution in [1.29, 1.82) is 0 Å². The van der Waals surface area contributed by atoms with Crippen molar-refractivity contribution in [3.63, 3.8) is 0 Å². The summed E-state index contributed by atoms with van der Waals surface area (Å²) < 4.78 is 5.32. The molecule has 0 atom stereocenters. The minimum absolute atomic E-state index is 0.347. The summed E-state index contributed by atoms with van der Waals surface area (Å²) in [6.07, 6.45) is 5.88. The second-order valence-corrected chi connectivity index (χ2v) is 4.79. The second kappa shape index (κ2) is 4.17. The summed E-state index contributed by atoms with van der Waals surface area (Å²) in [4.78, 5) is 2.38. The first kappa shape index (κ1) is 10.4. The van der Waals surface area contributed by atoms with Crippen LogP contribution in [0, 0.1) is 0 Å². The SMILES string of the molecule is COC1CCN(CC2(O)CCC2)CC1. The fourth-order valence-corrected chi connectivity index (χ4v) is 2.46. The highest BCUT2D eigenvalue weighted by Gasteiger charge is 2.36. The molecule has 3 heteroatoms. The summed E-state index contributed by atoms with van der Waals surface area (Å²) in [5, 5.41) is 10.0. The molecule has 0 amide bonds. The zero-order valence-electron chi connectivity index (χ0n) is 9.04. The van der Waals surface area contributed by atoms with Crippen LogP contribution in [0.4, 0.5) is 0 Å². The van der Waals surface area contributed by atoms with Crippen LogP contribution in [-0.4, -0.2) is 48.5 Å². The highest BCUT2D eigenvalue weighted by molar-refractivity contribution is 4.91. The van der Waals surface area contributed by atoms with E-state index < -0.39 is 0 Å². The third kappa shape index (κ3) is 2.27. The summed E-state index contributed by atoms with van der Waals surface area (Å²) in [6.45, 7) is 3.05. The smallest absolute Gasteiger partial charge is 0.0774 e. The van der Waals surface area contributed by atoms with E-state index in [1.807, 2.05) is 0 Å². The maximum atomic E-state index is 10.0. The normalized spacial score (nSPS) is 28.7. The molecule has 0 unspecified atom stereocenters. The molecule has 3 nitrogen and oxygen atoms in total. The number of hydrogen-bond acceptors (Lipinski definition) is 3. The highest BCUT2D eigenvalue weighted by Crippen LogP contribution is 2.32. The number of methoxy groups -OCH3 is 1. The Morgan fingerprint density at radius 2 is 2.00 bits per heavy atom. The van der Waals surface area contributed by atoms with Gasteiger partial charge in [0.25, 0.3) is 0 Å². The number of hydrogen-bond donors (Lipinski definition) is 1. The molecule has 0 spiro atoms. The minimum Gasteiger partial charge on any atom is -0.389 e. The molecule has 0 radical (unpaired) electrons. The zero-order valence-corrected chi connectivity index (χ0v) is 9.04. The summed E-state index contributed by atoms with van der Waals surface area (Å²) in [7, 11) is 1.79. The van der Waals surface area contributed by atoms with E-state index in [1.165, 1.54) is 6.42 Å². The van der Waals surface area contributed by atoms with Gasteiger partial charge in [-0.3, -0.25) is 0 Å². The lowest BCUT2D eigenvalue weighted by Crippen LogP contribution is -2.50. The van der Waals surface area contributed by atoms with Gasteiger partial charge in [-0.15, -0.1) is 0 Å². The third-order valence-electron chi connectivity index (χ3n) is 3.67. The first-order valence-corrected chi connectivity index (χ1v) is 5.69. The van der Waals surface area contributed by atoms with Crippen LogP contribution in [0.25, 0.3) is 0 Å². The van der Waals surface area contributed by atoms with Crippen molar-refractivity contribution >= 4 is 0 Å². The van der Waals surface area contributed by atoms with Crippen molar-refractivity contribution in [1.82, 2.24) is 4.90 Å². The highest BCUT2D eigenvalue weighted by atomic mass is 16.5. The number of nitrogens with zero attached hydrogens (tertiary/aromatic N) is 1. The van der Waals surface area contributed by atoms with Crippen LogP contribution in [0.3, 0.4) is 0 Å². The molecule has 1 aliphatic heterocycles. The molecular weight excluding hydrogens is 178 g/mol. The molecule has 2 rings (SSSR count). The van der Waals surface area contributed by atoms with E-state index in [9.17, 15) is 5.11 Å². The number of β-amino-alcohol motifs (C(OH)–C–C–N with tert-alkyl or cyclic N) is 1. The topological polar surface area (TPSA) is 32.7 Å². The lowest BCUT2D eigenvalue weighted by molar-refractivity contribution is -0.0695. The molecule has 82 valence electrons. The molecule has 0 bridgehead atoms. The Bertz CT molecular complexity index is 184. The van der Waals surface area contributed by atoms with Gasteiger partial charge in [-0.1, -0.05) is 0 Å². The average Bonchev–Trinajstić information content (AvgIpc) is 2.17. The number of ether oxygens (including phenoxy) is 1. The summed E-state index contributed by atoms with van der Waals surface area (Å²) in [6, 6.07) is 0. The lowest BCUT2D eigenvalue weighted by Gasteiger charge is -2.42. The zero-order chi connectivity index (χ0) is 10.0. The molecule has 1 saturated carbocycles. The van der Waals surface area contributed by atoms with Crippen LogP contribution >= 0.6 is 0 Å². The van der Waals surface area contributed by atoms with Gasteiger partial charge in [0.15, 0.2) is 0 Å². The van der Waals surface area contributed by atoms with Gasteiger partial charge in [-0.25, -0.2) is 0 Å². The number of rotatable bonds is 3. The van der Waals surface area contributed by atoms with E-state index in [1.54, 1.807) is 7.11 Å². The van der Waals surface area contributed by atoms with Crippen LogP contribution < -0.4 is 0 Å². The van der Waals surface area contributed by atoms with Crippen molar-refractivity contribution in [2.24, 2.45) is 0 Å². The lowest BCUT2D eigenvalue weighted by atomic mass is 9.79. The maximum Gasteiger partial charge on any atom is 0.0774 e. The van der Waals surface area contributed by atoms with E-state index in [0.29, 0.717) is 6.10 Å². The Balaban J connectivity index is 1.73. The van der Waals surface area contributed by atoms with Crippen molar-refractivity contribution < 1.29 is 9.84 Å². The van der Waals surface area contributed by atoms with Crippen LogP contribution in [0.1, 0.15) is 32.1 Å². The number of aliphatic hydroxyl groups is 1. The summed E-state index contributed by atoms with van der Waals surface area (Å²) in [5.41, 5.74) is -0.347. The van der Waals surface area contributed by atoms with Gasteiger partial charge in [0.05, 0.1) is 11.7 Å². The monoisotopic (exact) mass is 199 g/mol. The maximum absolute atomic E-state index is 10.0. The Morgan fingerprint density at radius 3 is 2.43 bits per heavy atom. The predicted molar refractivity (Wildman–Crippen MR) is 55.3 cm³/mol. The number of piperidine rings is 1. The van der Waals surface area contributed by atoms with Gasteiger partial charge >= 0.3 is 0 Å². The van der Waals surface area contributed by atoms with Crippen LogP contribution in [0.5, 0.6) is 0 Å². The van der Waals surface area contributed by atoms with Gasteiger partial charge in [-0.2, -0.15) is 0 Å². The van der Waals surface area contributed by atoms with E-state index >= 15 is 0 Å². The molecule has 14 heavy (non-hydrogen) atoms. The van der Waals surface area contributed by atoms with Gasteiger partial charge in [-0.05, 0) is 32.1 Å². The molecule has 0 aromatic carbocycles. The first-order chi connectivity index (χ1) is 6.72. The molecule has 1 N–H and O–H groups in total. The summed E-state index contributed by atoms with van der Waals surface area (Å²) in [5.74, 6) is 0. The first-order valence-electron chi connectivity index (χ1n) is 5.69. The standard InChI is InChI=1S/C11H21NO2/c1-14-10-3-7-12(8-4-10)9-11(13)5-2-6-11/h10,13H,2-9H2,1H3. The van der Waals surface area contributed by atoms with E-state index in [0.717, 1.165) is 45.3 Å². The molecule has 2 aliphatic rings. The molecule has 1 heterocycles. The number of likely N-dealkylation sites (tertiary alicyclic amines) is 1. The van der Waals surface area contributed by atoms with Crippen LogP contribution in [-0.2, 0) is 4.74 Å². The van der Waals surface area contributed by atoms with E-state index in [-0.39, 0.29) is 5.60 Å². The van der Waals surface area contributed by atoms with Gasteiger partial charge in [0.1, 0.15) is 0 Å². The van der Waals surface area contributed by atoms with Gasteiger partial charge in [0.2, 0.25) is 0 Å². The van der Waals surface area contributed by atoms with Crippen LogP contribution in [0.15, 0.2) is 0 Å². The molecule has 2 fully saturated rings. The molecular formula is C11H21NO2. The molecule has 0 aromatic rings. The molecule has 1 saturated heterocycles.